The average Bonchev–Trinajstić information content (AvgIpc) is 3.74. The van der Waals surface area contributed by atoms with Crippen molar-refractivity contribution in [3.8, 4) is 11.5 Å². The maximum Gasteiger partial charge on any atom is 0.308 e. The minimum atomic E-state index is -0.532. The molecule has 0 amide bonds. The second-order valence-corrected chi connectivity index (χ2v) is 13.9. The van der Waals surface area contributed by atoms with Crippen molar-refractivity contribution in [3.05, 3.63) is 102 Å². The largest absolute Gasteiger partial charge is 0.515 e. The van der Waals surface area contributed by atoms with Crippen molar-refractivity contribution in [1.29, 1.82) is 0 Å². The molecule has 0 spiro atoms. The molecule has 0 saturated carbocycles. The van der Waals surface area contributed by atoms with Gasteiger partial charge in [-0.05, 0) is 142 Å². The molecule has 8 nitrogen and oxygen atoms in total. The first-order chi connectivity index (χ1) is 24.4. The number of carbonyl (C=O) groups excluding carboxylic acids is 1. The molecule has 5 heterocycles. The van der Waals surface area contributed by atoms with E-state index in [0.29, 0.717) is 22.2 Å². The molecule has 0 radical (unpaired) electrons. The summed E-state index contributed by atoms with van der Waals surface area (Å²) in [5.74, 6) is -0.519. The van der Waals surface area contributed by atoms with Crippen molar-refractivity contribution < 1.29 is 19.7 Å². The number of unbranched alkanes of at least 4 members (excludes halogenated alkanes) is 2. The van der Waals surface area contributed by atoms with Crippen LogP contribution in [0.25, 0.3) is 24.0 Å². The first-order valence-electron chi connectivity index (χ1n) is 18.0. The zero-order chi connectivity index (χ0) is 36.7. The topological polar surface area (TPSA) is 120 Å². The highest BCUT2D eigenvalue weighted by atomic mass is 16.5. The normalized spacial score (nSPS) is 18.6. The van der Waals surface area contributed by atoms with E-state index in [1.807, 2.05) is 13.8 Å². The summed E-state index contributed by atoms with van der Waals surface area (Å²) in [6.45, 7) is 18.3. The second-order valence-electron chi connectivity index (χ2n) is 13.9. The van der Waals surface area contributed by atoms with Gasteiger partial charge in [-0.2, -0.15) is 0 Å². The Hall–Kier alpha value is -5.24. The van der Waals surface area contributed by atoms with E-state index in [1.54, 1.807) is 0 Å². The van der Waals surface area contributed by atoms with Crippen LogP contribution in [-0.4, -0.2) is 38.3 Å². The molecule has 0 unspecified atom stereocenters. The first-order valence-corrected chi connectivity index (χ1v) is 18.0. The van der Waals surface area contributed by atoms with Crippen molar-refractivity contribution >= 4 is 47.1 Å². The smallest absolute Gasteiger partial charge is 0.308 e. The van der Waals surface area contributed by atoms with E-state index < -0.39 is 5.97 Å². The van der Waals surface area contributed by atoms with Gasteiger partial charge in [-0.15, -0.1) is 0 Å². The molecule has 0 fully saturated rings. The summed E-state index contributed by atoms with van der Waals surface area (Å²) in [7, 11) is 0. The van der Waals surface area contributed by atoms with Crippen LogP contribution in [0.4, 0.5) is 0 Å². The summed E-state index contributed by atoms with van der Waals surface area (Å²) < 4.78 is 5.74. The molecule has 1 aromatic carbocycles. The Bertz CT molecular complexity index is 2290. The lowest BCUT2D eigenvalue weighted by Crippen LogP contribution is -2.26. The Morgan fingerprint density at radius 1 is 0.784 bits per heavy atom. The SMILES string of the molecule is CCCCC1=C(C)C2=NC1=Cc1[nH]c(c(C)c1CCCC)C=C1N=C(C(C)=C1C)/C(=c1\cc(O)/c(=C/O)cc1OC(C)=O)C1=NC(=C2)C(C)=C1C. The van der Waals surface area contributed by atoms with Gasteiger partial charge in [0.2, 0.25) is 0 Å². The molecular weight excluding hydrogens is 636 g/mol. The Morgan fingerprint density at radius 3 is 2.00 bits per heavy atom. The number of aliphatic hydroxyl groups is 1. The second kappa shape index (κ2) is 14.2. The van der Waals surface area contributed by atoms with Gasteiger partial charge in [-0.3, -0.25) is 4.79 Å². The highest BCUT2D eigenvalue weighted by Gasteiger charge is 2.31. The molecule has 264 valence electrons. The Balaban J connectivity index is 1.76. The minimum Gasteiger partial charge on any atom is -0.515 e. The van der Waals surface area contributed by atoms with Crippen molar-refractivity contribution in [2.45, 2.75) is 101 Å². The van der Waals surface area contributed by atoms with E-state index in [0.717, 1.165) is 107 Å². The van der Waals surface area contributed by atoms with Gasteiger partial charge in [0.15, 0.2) is 0 Å². The molecule has 8 heteroatoms. The molecule has 3 N–H and O–H groups in total. The number of nitrogens with one attached hydrogen (secondary N) is 1. The third-order valence-electron chi connectivity index (χ3n) is 10.6. The van der Waals surface area contributed by atoms with Gasteiger partial charge >= 0.3 is 5.97 Å². The molecule has 4 aliphatic rings. The molecule has 0 atom stereocenters. The van der Waals surface area contributed by atoms with Gasteiger partial charge in [0.1, 0.15) is 11.5 Å². The number of phenols is 1. The van der Waals surface area contributed by atoms with Crippen molar-refractivity contribution in [1.82, 2.24) is 4.98 Å². The average molecular weight is 685 g/mol. The zero-order valence-electron chi connectivity index (χ0n) is 31.3. The van der Waals surface area contributed by atoms with E-state index in [4.69, 9.17) is 19.7 Å². The number of nitrogens with zero attached hydrogens (tertiary/aromatic N) is 3. The summed E-state index contributed by atoms with van der Waals surface area (Å²) in [5.41, 5.74) is 16.3. The number of H-pyrrole nitrogens is 1. The van der Waals surface area contributed by atoms with Gasteiger partial charge in [-0.25, -0.2) is 15.0 Å². The third kappa shape index (κ3) is 6.44. The number of esters is 1. The number of carbonyl (C=O) groups is 1. The predicted molar refractivity (Wildman–Crippen MR) is 209 cm³/mol. The lowest BCUT2D eigenvalue weighted by atomic mass is 9.91. The molecule has 4 aliphatic heterocycles. The summed E-state index contributed by atoms with van der Waals surface area (Å²) in [5, 5.41) is 21.5. The number of allylic oxidation sites excluding steroid dienone is 7. The van der Waals surface area contributed by atoms with Gasteiger partial charge in [0.05, 0.1) is 45.7 Å². The van der Waals surface area contributed by atoms with Gasteiger partial charge in [-0.1, -0.05) is 26.7 Å². The fourth-order valence-corrected chi connectivity index (χ4v) is 7.15. The number of phenolic OH excluding ortho intramolecular Hbond substituents is 1. The summed E-state index contributed by atoms with van der Waals surface area (Å²) in [6.07, 6.45) is 13.5. The fraction of sp³-hybridized carbons (Fsp3) is 0.349. The Labute approximate surface area is 300 Å². The maximum atomic E-state index is 12.4. The first kappa shape index (κ1) is 35.6. The van der Waals surface area contributed by atoms with Crippen LogP contribution in [0.2, 0.25) is 0 Å². The number of aromatic amines is 1. The summed E-state index contributed by atoms with van der Waals surface area (Å²) >= 11 is 0. The van der Waals surface area contributed by atoms with Gasteiger partial charge in [0, 0.05) is 29.1 Å². The number of aromatic hydroxyl groups is 1. The van der Waals surface area contributed by atoms with Gasteiger partial charge in [0.25, 0.3) is 0 Å². The number of benzene rings is 1. The molecule has 8 bridgehead atoms. The quantitative estimate of drug-likeness (QED) is 0.200. The number of ether oxygens (including phenoxy) is 1. The lowest BCUT2D eigenvalue weighted by molar-refractivity contribution is -0.131. The van der Waals surface area contributed by atoms with Crippen LogP contribution in [0.15, 0.2) is 83.7 Å². The van der Waals surface area contributed by atoms with E-state index >= 15 is 0 Å². The highest BCUT2D eigenvalue weighted by molar-refractivity contribution is 6.53. The number of hydrogen-bond acceptors (Lipinski definition) is 7. The van der Waals surface area contributed by atoms with Crippen LogP contribution >= 0.6 is 0 Å². The molecule has 6 rings (SSSR count). The number of fused-ring (bicyclic) bond motifs is 5. The lowest BCUT2D eigenvalue weighted by Gasteiger charge is -2.14. The zero-order valence-corrected chi connectivity index (χ0v) is 31.3. The molecule has 2 aromatic rings. The Kier molecular flexibility index (Phi) is 9.89. The van der Waals surface area contributed by atoms with E-state index in [9.17, 15) is 15.0 Å². The molecule has 0 aliphatic carbocycles. The van der Waals surface area contributed by atoms with Crippen LogP contribution in [0.5, 0.6) is 11.5 Å². The minimum absolute atomic E-state index is 0.125. The Morgan fingerprint density at radius 2 is 1.39 bits per heavy atom. The van der Waals surface area contributed by atoms with Gasteiger partial charge < -0.3 is 19.9 Å². The van der Waals surface area contributed by atoms with E-state index in [1.165, 1.54) is 35.8 Å². The van der Waals surface area contributed by atoms with Crippen molar-refractivity contribution in [3.63, 3.8) is 0 Å². The van der Waals surface area contributed by atoms with Crippen molar-refractivity contribution in [2.75, 3.05) is 0 Å². The molecular formula is C43H48N4O4. The van der Waals surface area contributed by atoms with Crippen molar-refractivity contribution in [2.24, 2.45) is 15.0 Å². The standard InChI is InChI=1S/C43H48N4O4/c1-10-12-14-30-26(7)35-18-33-22(3)24(5)42(46-33)41(32-17-39(50)29(21-48)16-40(32)51-28(9)49)43-25(6)23(4)34(47-43)19-36-27(8)31(15-13-11-2)38(45-36)20-37(30)44-35/h16-21,44,48,50H,10-15H2,1-9H3/b29-21+,33-18?,34-19?,38-20?,41-32-. The fourth-order valence-electron chi connectivity index (χ4n) is 7.15. The number of aliphatic imine (C=N–C) groups is 3. The van der Waals surface area contributed by atoms with E-state index in [-0.39, 0.29) is 16.7 Å². The molecule has 51 heavy (non-hydrogen) atoms. The van der Waals surface area contributed by atoms with Crippen LogP contribution in [-0.2, 0) is 11.2 Å². The van der Waals surface area contributed by atoms with Crippen LogP contribution in [0, 0.1) is 6.92 Å². The van der Waals surface area contributed by atoms with Crippen LogP contribution < -0.4 is 15.2 Å². The van der Waals surface area contributed by atoms with Crippen LogP contribution in [0.1, 0.15) is 110 Å². The number of hydrogen-bond donors (Lipinski definition) is 3. The molecule has 1 aromatic heterocycles. The maximum absolute atomic E-state index is 12.4. The van der Waals surface area contributed by atoms with E-state index in [2.05, 4.69) is 64.8 Å². The number of aliphatic hydroxyl groups excluding tert-OH is 1. The summed E-state index contributed by atoms with van der Waals surface area (Å²) in [6, 6.07) is 2.98. The highest BCUT2D eigenvalue weighted by Crippen LogP contribution is 2.39. The summed E-state index contributed by atoms with van der Waals surface area (Å²) in [4.78, 5) is 32.0. The number of rotatable bonds is 7. The monoisotopic (exact) mass is 684 g/mol. The molecule has 0 saturated heterocycles. The predicted octanol–water partition coefficient (Wildman–Crippen LogP) is 8.57. The van der Waals surface area contributed by atoms with Crippen LogP contribution in [0.3, 0.4) is 0 Å². The number of aromatic nitrogens is 1. The third-order valence-corrected chi connectivity index (χ3v) is 10.6.